The average Bonchev–Trinajstić information content (AvgIpc) is 2.86. The molecule has 3 nitrogen and oxygen atoms in total. The Morgan fingerprint density at radius 2 is 2.35 bits per heavy atom. The predicted octanol–water partition coefficient (Wildman–Crippen LogP) is 3.43. The summed E-state index contributed by atoms with van der Waals surface area (Å²) >= 11 is 0. The Balaban J connectivity index is 2.24. The summed E-state index contributed by atoms with van der Waals surface area (Å²) in [7, 11) is 0. The van der Waals surface area contributed by atoms with Gasteiger partial charge in [-0.05, 0) is 30.9 Å². The van der Waals surface area contributed by atoms with Crippen LogP contribution < -0.4 is 10.2 Å². The molecular weight excluding hydrogens is 255 g/mol. The first-order valence-electron chi connectivity index (χ1n) is 7.15. The summed E-state index contributed by atoms with van der Waals surface area (Å²) in [6.07, 6.45) is 4.88. The number of hydrogen-bond donors (Lipinski definition) is 1. The first kappa shape index (κ1) is 14.6. The van der Waals surface area contributed by atoms with Crippen LogP contribution in [0.4, 0.5) is 14.9 Å². The number of halogens is 1. The third-order valence-electron chi connectivity index (χ3n) is 3.58. The van der Waals surface area contributed by atoms with Crippen LogP contribution >= 0.6 is 0 Å². The molecule has 2 amide bonds. The van der Waals surface area contributed by atoms with Crippen LogP contribution in [0.15, 0.2) is 24.8 Å². The van der Waals surface area contributed by atoms with E-state index < -0.39 is 0 Å². The molecule has 1 aliphatic heterocycles. The maximum absolute atomic E-state index is 14.0. The first-order chi connectivity index (χ1) is 9.69. The first-order valence-corrected chi connectivity index (χ1v) is 7.15. The maximum Gasteiger partial charge on any atom is 0.321 e. The molecule has 0 saturated heterocycles. The van der Waals surface area contributed by atoms with E-state index in [1.165, 1.54) is 6.07 Å². The van der Waals surface area contributed by atoms with E-state index in [2.05, 4.69) is 18.8 Å². The Morgan fingerprint density at radius 3 is 3.05 bits per heavy atom. The van der Waals surface area contributed by atoms with Crippen LogP contribution in [0.5, 0.6) is 0 Å². The maximum atomic E-state index is 14.0. The molecule has 0 atom stereocenters. The van der Waals surface area contributed by atoms with E-state index in [0.717, 1.165) is 30.5 Å². The van der Waals surface area contributed by atoms with Crippen molar-refractivity contribution in [2.45, 2.75) is 32.6 Å². The van der Waals surface area contributed by atoms with Gasteiger partial charge in [0.05, 0.1) is 5.69 Å². The minimum absolute atomic E-state index is 0.131. The summed E-state index contributed by atoms with van der Waals surface area (Å²) in [5, 5.41) is 2.89. The monoisotopic (exact) mass is 276 g/mol. The van der Waals surface area contributed by atoms with Gasteiger partial charge < -0.3 is 5.32 Å². The van der Waals surface area contributed by atoms with Gasteiger partial charge in [-0.25, -0.2) is 9.18 Å². The fraction of sp³-hybridized carbons (Fsp3) is 0.438. The average molecular weight is 276 g/mol. The Kier molecular flexibility index (Phi) is 4.77. The van der Waals surface area contributed by atoms with Gasteiger partial charge in [0, 0.05) is 18.7 Å². The van der Waals surface area contributed by atoms with Crippen molar-refractivity contribution in [1.82, 2.24) is 5.32 Å². The van der Waals surface area contributed by atoms with Crippen molar-refractivity contribution in [3.8, 4) is 0 Å². The molecule has 108 valence electrons. The van der Waals surface area contributed by atoms with Gasteiger partial charge in [-0.1, -0.05) is 25.5 Å². The molecule has 1 heterocycles. The van der Waals surface area contributed by atoms with Crippen molar-refractivity contribution in [3.63, 3.8) is 0 Å². The molecule has 2 rings (SSSR count). The molecule has 1 aromatic rings. The number of amides is 2. The number of urea groups is 1. The molecule has 0 unspecified atom stereocenters. The highest BCUT2D eigenvalue weighted by molar-refractivity contribution is 5.95. The summed E-state index contributed by atoms with van der Waals surface area (Å²) in [4.78, 5) is 13.9. The highest BCUT2D eigenvalue weighted by atomic mass is 19.1. The smallest absolute Gasteiger partial charge is 0.321 e. The van der Waals surface area contributed by atoms with Crippen LogP contribution in [0.3, 0.4) is 0 Å². The molecule has 0 saturated carbocycles. The lowest BCUT2D eigenvalue weighted by atomic mass is 10.0. The summed E-state index contributed by atoms with van der Waals surface area (Å²) in [5.41, 5.74) is 2.34. The third kappa shape index (κ3) is 2.84. The van der Waals surface area contributed by atoms with E-state index in [-0.39, 0.29) is 11.8 Å². The van der Waals surface area contributed by atoms with Crippen molar-refractivity contribution in [2.24, 2.45) is 0 Å². The number of rotatable bonds is 5. The zero-order valence-corrected chi connectivity index (χ0v) is 11.9. The number of hydrogen-bond acceptors (Lipinski definition) is 1. The quantitative estimate of drug-likeness (QED) is 0.648. The zero-order chi connectivity index (χ0) is 14.5. The SMILES string of the molecule is C=CCc1c(F)ccc2c1N(C(=O)NCCCC)CC2. The van der Waals surface area contributed by atoms with Crippen LogP contribution in [0.25, 0.3) is 0 Å². The van der Waals surface area contributed by atoms with E-state index >= 15 is 0 Å². The molecule has 0 aliphatic carbocycles. The zero-order valence-electron chi connectivity index (χ0n) is 11.9. The number of unbranched alkanes of at least 4 members (excludes halogenated alkanes) is 1. The van der Waals surface area contributed by atoms with Gasteiger partial charge in [-0.3, -0.25) is 4.90 Å². The van der Waals surface area contributed by atoms with Gasteiger partial charge in [-0.15, -0.1) is 6.58 Å². The number of carbonyl (C=O) groups is 1. The van der Waals surface area contributed by atoms with Crippen molar-refractivity contribution in [3.05, 3.63) is 41.7 Å². The molecule has 20 heavy (non-hydrogen) atoms. The van der Waals surface area contributed by atoms with Gasteiger partial charge in [0.15, 0.2) is 0 Å². The molecular formula is C16H21FN2O. The van der Waals surface area contributed by atoms with Crippen molar-refractivity contribution >= 4 is 11.7 Å². The molecule has 1 N–H and O–H groups in total. The van der Waals surface area contributed by atoms with E-state index in [0.29, 0.717) is 25.1 Å². The van der Waals surface area contributed by atoms with Gasteiger partial charge in [-0.2, -0.15) is 0 Å². The molecule has 0 aromatic heterocycles. The summed E-state index contributed by atoms with van der Waals surface area (Å²) in [6.45, 7) is 7.02. The number of benzene rings is 1. The Morgan fingerprint density at radius 1 is 1.55 bits per heavy atom. The minimum Gasteiger partial charge on any atom is -0.338 e. The Labute approximate surface area is 119 Å². The fourth-order valence-electron chi connectivity index (χ4n) is 2.55. The molecule has 0 radical (unpaired) electrons. The van der Waals surface area contributed by atoms with Crippen LogP contribution in [-0.4, -0.2) is 19.1 Å². The standard InChI is InChI=1S/C16H21FN2O/c1-3-5-10-18-16(20)19-11-9-12-7-8-14(17)13(6-4-2)15(12)19/h4,7-8H,2-3,5-6,9-11H2,1H3,(H,18,20). The van der Waals surface area contributed by atoms with Gasteiger partial charge in [0.2, 0.25) is 0 Å². The second kappa shape index (κ2) is 6.55. The van der Waals surface area contributed by atoms with Crippen molar-refractivity contribution in [2.75, 3.05) is 18.0 Å². The lowest BCUT2D eigenvalue weighted by molar-refractivity contribution is 0.246. The summed E-state index contributed by atoms with van der Waals surface area (Å²) in [5.74, 6) is -0.267. The van der Waals surface area contributed by atoms with Crippen molar-refractivity contribution < 1.29 is 9.18 Å². The molecule has 4 heteroatoms. The lowest BCUT2D eigenvalue weighted by Crippen LogP contribution is -2.39. The predicted molar refractivity (Wildman–Crippen MR) is 79.7 cm³/mol. The van der Waals surface area contributed by atoms with Gasteiger partial charge in [0.25, 0.3) is 0 Å². The minimum atomic E-state index is -0.267. The summed E-state index contributed by atoms with van der Waals surface area (Å²) in [6, 6.07) is 3.13. The third-order valence-corrected chi connectivity index (χ3v) is 3.58. The molecule has 1 aromatic carbocycles. The van der Waals surface area contributed by atoms with E-state index in [1.54, 1.807) is 17.0 Å². The second-order valence-electron chi connectivity index (χ2n) is 5.01. The van der Waals surface area contributed by atoms with Crippen LogP contribution in [-0.2, 0) is 12.8 Å². The van der Waals surface area contributed by atoms with E-state index in [4.69, 9.17) is 0 Å². The van der Waals surface area contributed by atoms with Crippen LogP contribution in [0, 0.1) is 5.82 Å². The largest absolute Gasteiger partial charge is 0.338 e. The highest BCUT2D eigenvalue weighted by Gasteiger charge is 2.28. The topological polar surface area (TPSA) is 32.3 Å². The fourth-order valence-corrected chi connectivity index (χ4v) is 2.55. The number of nitrogens with zero attached hydrogens (tertiary/aromatic N) is 1. The number of nitrogens with one attached hydrogen (secondary N) is 1. The second-order valence-corrected chi connectivity index (χ2v) is 5.01. The van der Waals surface area contributed by atoms with Crippen LogP contribution in [0.1, 0.15) is 30.9 Å². The number of allylic oxidation sites excluding steroid dienone is 1. The lowest BCUT2D eigenvalue weighted by Gasteiger charge is -2.21. The van der Waals surface area contributed by atoms with Crippen LogP contribution in [0.2, 0.25) is 0 Å². The molecule has 0 fully saturated rings. The Hall–Kier alpha value is -1.84. The number of carbonyl (C=O) groups excluding carboxylic acids is 1. The van der Waals surface area contributed by atoms with E-state index in [1.807, 2.05) is 0 Å². The molecule has 0 bridgehead atoms. The van der Waals surface area contributed by atoms with Gasteiger partial charge >= 0.3 is 6.03 Å². The molecule has 0 spiro atoms. The van der Waals surface area contributed by atoms with E-state index in [9.17, 15) is 9.18 Å². The molecule has 1 aliphatic rings. The summed E-state index contributed by atoms with van der Waals surface area (Å²) < 4.78 is 14.0. The van der Waals surface area contributed by atoms with Crippen molar-refractivity contribution in [1.29, 1.82) is 0 Å². The normalized spacial score (nSPS) is 13.2. The van der Waals surface area contributed by atoms with Gasteiger partial charge in [0.1, 0.15) is 5.82 Å². The Bertz CT molecular complexity index is 513. The number of fused-ring (bicyclic) bond motifs is 1. The number of anilines is 1. The highest BCUT2D eigenvalue weighted by Crippen LogP contribution is 2.34.